The maximum atomic E-state index is 13.7. The minimum absolute atomic E-state index is 0.0455. The SMILES string of the molecule is COC(=O)c1cc(F)cc2[nH]c(-c3ccc(F)cc3)cc(=O)c12. The first-order valence-corrected chi connectivity index (χ1v) is 6.70. The summed E-state index contributed by atoms with van der Waals surface area (Å²) in [6.07, 6.45) is 0. The van der Waals surface area contributed by atoms with Crippen LogP contribution in [0.4, 0.5) is 8.78 Å². The molecule has 3 aromatic rings. The number of aromatic nitrogens is 1. The molecule has 1 aromatic heterocycles. The number of nitrogens with one attached hydrogen (secondary N) is 1. The van der Waals surface area contributed by atoms with E-state index >= 15 is 0 Å². The van der Waals surface area contributed by atoms with Gasteiger partial charge in [-0.15, -0.1) is 0 Å². The quantitative estimate of drug-likeness (QED) is 0.738. The fraction of sp³-hybridized carbons (Fsp3) is 0.0588. The number of carbonyl (C=O) groups excluding carboxylic acids is 1. The minimum Gasteiger partial charge on any atom is -0.465 e. The highest BCUT2D eigenvalue weighted by molar-refractivity contribution is 6.03. The van der Waals surface area contributed by atoms with Crippen LogP contribution in [0, 0.1) is 11.6 Å². The molecular weight excluding hydrogens is 304 g/mol. The number of benzene rings is 2. The monoisotopic (exact) mass is 315 g/mol. The van der Waals surface area contributed by atoms with E-state index in [-0.39, 0.29) is 16.5 Å². The Morgan fingerprint density at radius 2 is 1.74 bits per heavy atom. The molecule has 23 heavy (non-hydrogen) atoms. The van der Waals surface area contributed by atoms with Crippen LogP contribution >= 0.6 is 0 Å². The Bertz CT molecular complexity index is 962. The molecule has 6 heteroatoms. The molecule has 0 unspecified atom stereocenters. The molecule has 0 atom stereocenters. The van der Waals surface area contributed by atoms with Crippen molar-refractivity contribution in [2.24, 2.45) is 0 Å². The van der Waals surface area contributed by atoms with Crippen LogP contribution in [0.25, 0.3) is 22.2 Å². The van der Waals surface area contributed by atoms with E-state index in [0.29, 0.717) is 11.3 Å². The van der Waals surface area contributed by atoms with Crippen LogP contribution in [0.15, 0.2) is 47.3 Å². The zero-order chi connectivity index (χ0) is 16.6. The highest BCUT2D eigenvalue weighted by Crippen LogP contribution is 2.22. The van der Waals surface area contributed by atoms with Gasteiger partial charge in [0.1, 0.15) is 11.6 Å². The third kappa shape index (κ3) is 2.70. The van der Waals surface area contributed by atoms with Gasteiger partial charge in [-0.25, -0.2) is 13.6 Å². The van der Waals surface area contributed by atoms with Crippen molar-refractivity contribution in [3.05, 3.63) is 69.9 Å². The van der Waals surface area contributed by atoms with Crippen LogP contribution in [0.5, 0.6) is 0 Å². The summed E-state index contributed by atoms with van der Waals surface area (Å²) < 4.78 is 31.3. The molecule has 0 amide bonds. The molecule has 4 nitrogen and oxygen atoms in total. The van der Waals surface area contributed by atoms with Crippen LogP contribution in [-0.2, 0) is 4.74 Å². The predicted octanol–water partition coefficient (Wildman–Crippen LogP) is 3.26. The van der Waals surface area contributed by atoms with Gasteiger partial charge in [0, 0.05) is 11.8 Å². The summed E-state index contributed by atoms with van der Waals surface area (Å²) in [4.78, 5) is 27.0. The number of rotatable bonds is 2. The molecule has 0 saturated heterocycles. The van der Waals surface area contributed by atoms with Crippen LogP contribution in [0.1, 0.15) is 10.4 Å². The Labute approximate surface area is 129 Å². The smallest absolute Gasteiger partial charge is 0.338 e. The van der Waals surface area contributed by atoms with E-state index in [9.17, 15) is 18.4 Å². The van der Waals surface area contributed by atoms with Gasteiger partial charge in [-0.3, -0.25) is 4.79 Å². The average Bonchev–Trinajstić information content (AvgIpc) is 2.53. The molecule has 0 aliphatic rings. The van der Waals surface area contributed by atoms with Gasteiger partial charge in [0.15, 0.2) is 5.43 Å². The fourth-order valence-electron chi connectivity index (χ4n) is 2.41. The molecule has 0 radical (unpaired) electrons. The van der Waals surface area contributed by atoms with Crippen LogP contribution in [0.3, 0.4) is 0 Å². The van der Waals surface area contributed by atoms with E-state index < -0.39 is 23.0 Å². The van der Waals surface area contributed by atoms with E-state index in [4.69, 9.17) is 0 Å². The van der Waals surface area contributed by atoms with Gasteiger partial charge >= 0.3 is 5.97 Å². The Kier molecular flexibility index (Phi) is 3.65. The first kappa shape index (κ1) is 14.9. The normalized spacial score (nSPS) is 10.7. The molecular formula is C17H11F2NO3. The summed E-state index contributed by atoms with van der Waals surface area (Å²) in [6, 6.07) is 8.85. The second-order valence-corrected chi connectivity index (χ2v) is 4.92. The Morgan fingerprint density at radius 1 is 1.04 bits per heavy atom. The standard InChI is InChI=1S/C17H11F2NO3/c1-23-17(22)12-6-11(19)7-14-16(12)15(21)8-13(20-14)9-2-4-10(18)5-3-9/h2-8H,1H3,(H,20,21). The van der Waals surface area contributed by atoms with Crippen molar-refractivity contribution in [2.75, 3.05) is 7.11 Å². The maximum absolute atomic E-state index is 13.7. The fourth-order valence-corrected chi connectivity index (χ4v) is 2.41. The predicted molar refractivity (Wildman–Crippen MR) is 81.3 cm³/mol. The summed E-state index contributed by atoms with van der Waals surface area (Å²) >= 11 is 0. The lowest BCUT2D eigenvalue weighted by Gasteiger charge is -2.08. The largest absolute Gasteiger partial charge is 0.465 e. The van der Waals surface area contributed by atoms with Crippen molar-refractivity contribution in [3.8, 4) is 11.3 Å². The Hall–Kier alpha value is -3.02. The third-order valence-corrected chi connectivity index (χ3v) is 3.45. The molecule has 1 N–H and O–H groups in total. The molecule has 0 bridgehead atoms. The van der Waals surface area contributed by atoms with Crippen molar-refractivity contribution >= 4 is 16.9 Å². The second-order valence-electron chi connectivity index (χ2n) is 4.92. The minimum atomic E-state index is -0.797. The highest BCUT2D eigenvalue weighted by Gasteiger charge is 2.16. The van der Waals surface area contributed by atoms with Crippen molar-refractivity contribution in [1.29, 1.82) is 0 Å². The summed E-state index contributed by atoms with van der Waals surface area (Å²) in [7, 11) is 1.15. The third-order valence-electron chi connectivity index (χ3n) is 3.45. The summed E-state index contributed by atoms with van der Waals surface area (Å²) in [5.41, 5.74) is 0.517. The number of esters is 1. The van der Waals surface area contributed by atoms with Gasteiger partial charge in [-0.05, 0) is 42.0 Å². The van der Waals surface area contributed by atoms with Crippen molar-refractivity contribution in [3.63, 3.8) is 0 Å². The van der Waals surface area contributed by atoms with Crippen LogP contribution < -0.4 is 5.43 Å². The number of carbonyl (C=O) groups is 1. The van der Waals surface area contributed by atoms with Crippen molar-refractivity contribution in [2.45, 2.75) is 0 Å². The molecule has 0 spiro atoms. The number of methoxy groups -OCH3 is 1. The zero-order valence-corrected chi connectivity index (χ0v) is 12.0. The molecule has 2 aromatic carbocycles. The molecule has 0 fully saturated rings. The molecule has 1 heterocycles. The molecule has 3 rings (SSSR count). The van der Waals surface area contributed by atoms with E-state index in [1.54, 1.807) is 0 Å². The molecule has 0 aliphatic heterocycles. The number of aromatic amines is 1. The number of hydrogen-bond donors (Lipinski definition) is 1. The lowest BCUT2D eigenvalue weighted by Crippen LogP contribution is -2.11. The van der Waals surface area contributed by atoms with Crippen molar-refractivity contribution < 1.29 is 18.3 Å². The average molecular weight is 315 g/mol. The second kappa shape index (κ2) is 5.64. The lowest BCUT2D eigenvalue weighted by molar-refractivity contribution is 0.0602. The first-order valence-electron chi connectivity index (χ1n) is 6.70. The topological polar surface area (TPSA) is 59.2 Å². The molecule has 0 aliphatic carbocycles. The zero-order valence-electron chi connectivity index (χ0n) is 12.0. The number of H-pyrrole nitrogens is 1. The Morgan fingerprint density at radius 3 is 2.39 bits per heavy atom. The van der Waals surface area contributed by atoms with E-state index in [1.807, 2.05) is 0 Å². The maximum Gasteiger partial charge on any atom is 0.338 e. The van der Waals surface area contributed by atoms with Gasteiger partial charge in [-0.1, -0.05) is 0 Å². The number of pyridine rings is 1. The summed E-state index contributed by atoms with van der Waals surface area (Å²) in [5.74, 6) is -1.88. The number of fused-ring (bicyclic) bond motifs is 1. The van der Waals surface area contributed by atoms with E-state index in [2.05, 4.69) is 9.72 Å². The summed E-state index contributed by atoms with van der Waals surface area (Å²) in [6.45, 7) is 0. The van der Waals surface area contributed by atoms with Gasteiger partial charge in [0.25, 0.3) is 0 Å². The van der Waals surface area contributed by atoms with Gasteiger partial charge in [0.2, 0.25) is 0 Å². The van der Waals surface area contributed by atoms with Gasteiger partial charge < -0.3 is 9.72 Å². The Balaban J connectivity index is 2.29. The van der Waals surface area contributed by atoms with E-state index in [0.717, 1.165) is 19.2 Å². The number of halogens is 2. The first-order chi connectivity index (χ1) is 11.0. The molecule has 116 valence electrons. The van der Waals surface area contributed by atoms with Crippen molar-refractivity contribution in [1.82, 2.24) is 4.98 Å². The van der Waals surface area contributed by atoms with Gasteiger partial charge in [-0.2, -0.15) is 0 Å². The van der Waals surface area contributed by atoms with E-state index in [1.165, 1.54) is 30.3 Å². The number of ether oxygens (including phenoxy) is 1. The highest BCUT2D eigenvalue weighted by atomic mass is 19.1. The van der Waals surface area contributed by atoms with Crippen LogP contribution in [-0.4, -0.2) is 18.1 Å². The summed E-state index contributed by atoms with van der Waals surface area (Å²) in [5, 5.41) is 0.0455. The lowest BCUT2D eigenvalue weighted by atomic mass is 10.0. The molecule has 0 saturated carbocycles. The van der Waals surface area contributed by atoms with Crippen LogP contribution in [0.2, 0.25) is 0 Å². The van der Waals surface area contributed by atoms with Gasteiger partial charge in [0.05, 0.1) is 23.6 Å². The number of hydrogen-bond acceptors (Lipinski definition) is 3.